The molecule has 0 aromatic heterocycles. The van der Waals surface area contributed by atoms with Crippen molar-refractivity contribution in [1.29, 1.82) is 0 Å². The standard InChI is InChI=1S/C9H10N2O3/c10-9(11-14)7-3-1-2-6(4-7)5-8(12)13/h1-4,14H,5H2,(H2,10,11)(H,12,13). The van der Waals surface area contributed by atoms with E-state index in [0.29, 0.717) is 11.1 Å². The molecule has 14 heavy (non-hydrogen) atoms. The van der Waals surface area contributed by atoms with Crippen LogP contribution in [0.2, 0.25) is 0 Å². The summed E-state index contributed by atoms with van der Waals surface area (Å²) in [6.07, 6.45) is -0.0768. The summed E-state index contributed by atoms with van der Waals surface area (Å²) in [5, 5.41) is 19.8. The van der Waals surface area contributed by atoms with Gasteiger partial charge in [0.1, 0.15) is 0 Å². The fourth-order valence-electron chi connectivity index (χ4n) is 1.07. The molecule has 0 aliphatic rings. The summed E-state index contributed by atoms with van der Waals surface area (Å²) in [6.45, 7) is 0. The molecule has 0 fully saturated rings. The highest BCUT2D eigenvalue weighted by atomic mass is 16.4. The summed E-state index contributed by atoms with van der Waals surface area (Å²) < 4.78 is 0. The average Bonchev–Trinajstić information content (AvgIpc) is 2.16. The van der Waals surface area contributed by atoms with Crippen molar-refractivity contribution in [2.45, 2.75) is 6.42 Å². The molecular formula is C9H10N2O3. The van der Waals surface area contributed by atoms with Crippen LogP contribution in [0.1, 0.15) is 11.1 Å². The van der Waals surface area contributed by atoms with Gasteiger partial charge in [-0.1, -0.05) is 23.4 Å². The van der Waals surface area contributed by atoms with Gasteiger partial charge >= 0.3 is 5.97 Å². The molecule has 0 amide bonds. The molecule has 0 aliphatic carbocycles. The van der Waals surface area contributed by atoms with Crippen molar-refractivity contribution in [2.24, 2.45) is 10.9 Å². The van der Waals surface area contributed by atoms with Crippen LogP contribution in [0.25, 0.3) is 0 Å². The quantitative estimate of drug-likeness (QED) is 0.281. The zero-order valence-electron chi connectivity index (χ0n) is 7.34. The molecule has 0 unspecified atom stereocenters. The molecule has 0 heterocycles. The van der Waals surface area contributed by atoms with Gasteiger partial charge in [0, 0.05) is 5.56 Å². The molecule has 1 aromatic carbocycles. The number of oxime groups is 1. The van der Waals surface area contributed by atoms with E-state index in [1.54, 1.807) is 24.3 Å². The molecule has 0 radical (unpaired) electrons. The average molecular weight is 194 g/mol. The Morgan fingerprint density at radius 3 is 2.79 bits per heavy atom. The zero-order chi connectivity index (χ0) is 10.6. The van der Waals surface area contributed by atoms with Gasteiger partial charge in [0.25, 0.3) is 0 Å². The van der Waals surface area contributed by atoms with Crippen molar-refractivity contribution in [2.75, 3.05) is 0 Å². The molecule has 0 saturated carbocycles. The van der Waals surface area contributed by atoms with Crippen molar-refractivity contribution in [1.82, 2.24) is 0 Å². The summed E-state index contributed by atoms with van der Waals surface area (Å²) in [4.78, 5) is 10.4. The molecule has 5 nitrogen and oxygen atoms in total. The smallest absolute Gasteiger partial charge is 0.307 e. The molecule has 0 bridgehead atoms. The molecule has 0 spiro atoms. The van der Waals surface area contributed by atoms with E-state index in [1.807, 2.05) is 0 Å². The van der Waals surface area contributed by atoms with E-state index in [4.69, 9.17) is 16.0 Å². The predicted molar refractivity (Wildman–Crippen MR) is 50.3 cm³/mol. The molecule has 1 aromatic rings. The third-order valence-corrected chi connectivity index (χ3v) is 1.69. The third kappa shape index (κ3) is 2.48. The number of carboxylic acids is 1. The number of aliphatic carboxylic acids is 1. The highest BCUT2D eigenvalue weighted by molar-refractivity contribution is 5.97. The Bertz CT molecular complexity index is 374. The number of carbonyl (C=O) groups is 1. The highest BCUT2D eigenvalue weighted by Gasteiger charge is 2.03. The van der Waals surface area contributed by atoms with E-state index >= 15 is 0 Å². The number of nitrogens with two attached hydrogens (primary N) is 1. The maximum atomic E-state index is 10.4. The normalized spacial score (nSPS) is 11.3. The minimum absolute atomic E-state index is 0.0303. The van der Waals surface area contributed by atoms with Gasteiger partial charge in [-0.15, -0.1) is 0 Å². The molecule has 0 aliphatic heterocycles. The van der Waals surface area contributed by atoms with Crippen molar-refractivity contribution >= 4 is 11.8 Å². The Labute approximate surface area is 80.5 Å². The number of benzene rings is 1. The molecule has 74 valence electrons. The van der Waals surface area contributed by atoms with Gasteiger partial charge in [-0.2, -0.15) is 0 Å². The molecule has 1 rings (SSSR count). The Morgan fingerprint density at radius 2 is 2.21 bits per heavy atom. The van der Waals surface area contributed by atoms with Crippen LogP contribution in [0.15, 0.2) is 29.4 Å². The van der Waals surface area contributed by atoms with E-state index in [9.17, 15) is 4.79 Å². The van der Waals surface area contributed by atoms with E-state index in [1.165, 1.54) is 0 Å². The van der Waals surface area contributed by atoms with Crippen LogP contribution in [0.5, 0.6) is 0 Å². The first-order valence-electron chi connectivity index (χ1n) is 3.92. The maximum Gasteiger partial charge on any atom is 0.307 e. The van der Waals surface area contributed by atoms with E-state index in [2.05, 4.69) is 5.16 Å². The summed E-state index contributed by atoms with van der Waals surface area (Å²) in [7, 11) is 0. The van der Waals surface area contributed by atoms with Gasteiger partial charge in [-0.25, -0.2) is 0 Å². The van der Waals surface area contributed by atoms with Crippen LogP contribution >= 0.6 is 0 Å². The van der Waals surface area contributed by atoms with Gasteiger partial charge in [-0.3, -0.25) is 4.79 Å². The molecular weight excluding hydrogens is 184 g/mol. The Hall–Kier alpha value is -2.04. The number of rotatable bonds is 3. The summed E-state index contributed by atoms with van der Waals surface area (Å²) >= 11 is 0. The molecule has 0 atom stereocenters. The highest BCUT2D eigenvalue weighted by Crippen LogP contribution is 2.05. The van der Waals surface area contributed by atoms with Crippen LogP contribution in [0.4, 0.5) is 0 Å². The first-order chi connectivity index (χ1) is 6.63. The van der Waals surface area contributed by atoms with E-state index in [0.717, 1.165) is 0 Å². The Balaban J connectivity index is 2.95. The van der Waals surface area contributed by atoms with Crippen molar-refractivity contribution in [3.63, 3.8) is 0 Å². The first kappa shape index (κ1) is 10.0. The lowest BCUT2D eigenvalue weighted by atomic mass is 10.1. The molecule has 0 saturated heterocycles. The van der Waals surface area contributed by atoms with E-state index < -0.39 is 5.97 Å². The van der Waals surface area contributed by atoms with Crippen LogP contribution < -0.4 is 5.73 Å². The molecule has 5 heteroatoms. The fraction of sp³-hybridized carbons (Fsp3) is 0.111. The summed E-state index contributed by atoms with van der Waals surface area (Å²) in [6, 6.07) is 6.54. The minimum atomic E-state index is -0.915. The van der Waals surface area contributed by atoms with Crippen LogP contribution in [0, 0.1) is 0 Å². The predicted octanol–water partition coefficient (Wildman–Crippen LogP) is 0.408. The van der Waals surface area contributed by atoms with Gasteiger partial charge in [-0.05, 0) is 11.6 Å². The lowest BCUT2D eigenvalue weighted by Gasteiger charge is -2.01. The lowest BCUT2D eigenvalue weighted by Crippen LogP contribution is -2.13. The Morgan fingerprint density at radius 1 is 1.50 bits per heavy atom. The van der Waals surface area contributed by atoms with Crippen molar-refractivity contribution in [3.8, 4) is 0 Å². The van der Waals surface area contributed by atoms with Crippen LogP contribution in [0.3, 0.4) is 0 Å². The topological polar surface area (TPSA) is 95.9 Å². The second-order valence-electron chi connectivity index (χ2n) is 2.76. The minimum Gasteiger partial charge on any atom is -0.481 e. The van der Waals surface area contributed by atoms with Gasteiger partial charge in [0.2, 0.25) is 0 Å². The zero-order valence-corrected chi connectivity index (χ0v) is 7.34. The fourth-order valence-corrected chi connectivity index (χ4v) is 1.07. The summed E-state index contributed by atoms with van der Waals surface area (Å²) in [5.41, 5.74) is 6.46. The summed E-state index contributed by atoms with van der Waals surface area (Å²) in [5.74, 6) is -0.945. The lowest BCUT2D eigenvalue weighted by molar-refractivity contribution is -0.136. The Kier molecular flexibility index (Phi) is 3.06. The number of carboxylic acid groups (broad SMARTS) is 1. The largest absolute Gasteiger partial charge is 0.481 e. The number of amidine groups is 1. The monoisotopic (exact) mass is 194 g/mol. The number of hydrogen-bond donors (Lipinski definition) is 3. The molecule has 4 N–H and O–H groups in total. The first-order valence-corrected chi connectivity index (χ1v) is 3.92. The van der Waals surface area contributed by atoms with Gasteiger partial charge < -0.3 is 16.0 Å². The van der Waals surface area contributed by atoms with Gasteiger partial charge in [0.15, 0.2) is 5.84 Å². The maximum absolute atomic E-state index is 10.4. The third-order valence-electron chi connectivity index (χ3n) is 1.69. The van der Waals surface area contributed by atoms with Crippen molar-refractivity contribution in [3.05, 3.63) is 35.4 Å². The van der Waals surface area contributed by atoms with E-state index in [-0.39, 0.29) is 12.3 Å². The SMILES string of the molecule is NC(=NO)c1cccc(CC(=O)O)c1. The number of hydrogen-bond acceptors (Lipinski definition) is 3. The second kappa shape index (κ2) is 4.27. The van der Waals surface area contributed by atoms with Crippen LogP contribution in [-0.2, 0) is 11.2 Å². The number of nitrogens with zero attached hydrogens (tertiary/aromatic N) is 1. The van der Waals surface area contributed by atoms with Crippen LogP contribution in [-0.4, -0.2) is 22.1 Å². The van der Waals surface area contributed by atoms with Gasteiger partial charge in [0.05, 0.1) is 6.42 Å². The van der Waals surface area contributed by atoms with Crippen molar-refractivity contribution < 1.29 is 15.1 Å². The second-order valence-corrected chi connectivity index (χ2v) is 2.76.